The maximum Gasteiger partial charge on any atom is 0.311 e. The van der Waals surface area contributed by atoms with Crippen molar-refractivity contribution in [3.05, 3.63) is 12.2 Å². The van der Waals surface area contributed by atoms with Gasteiger partial charge in [0.15, 0.2) is 0 Å². The first kappa shape index (κ1) is 12.8. The number of methoxy groups -OCH3 is 1. The molecule has 0 aliphatic heterocycles. The van der Waals surface area contributed by atoms with Gasteiger partial charge in [0.1, 0.15) is 0 Å². The van der Waals surface area contributed by atoms with E-state index in [2.05, 4.69) is 9.73 Å². The molecule has 0 atom stereocenters. The summed E-state index contributed by atoms with van der Waals surface area (Å²) in [7, 11) is 7.00. The third-order valence-corrected chi connectivity index (χ3v) is 1.62. The second-order valence-electron chi connectivity index (χ2n) is 3.13. The Labute approximate surface area is 85.3 Å². The molecule has 0 bridgehead atoms. The van der Waals surface area contributed by atoms with Crippen LogP contribution in [0.2, 0.25) is 0 Å². The molecule has 0 saturated heterocycles. The molecular weight excluding hydrogens is 180 g/mol. The first-order chi connectivity index (χ1) is 6.60. The van der Waals surface area contributed by atoms with Crippen molar-refractivity contribution in [2.24, 2.45) is 4.99 Å². The van der Waals surface area contributed by atoms with Crippen LogP contribution in [0, 0.1) is 0 Å². The van der Waals surface area contributed by atoms with Gasteiger partial charge in [0.05, 0.1) is 13.5 Å². The van der Waals surface area contributed by atoms with Gasteiger partial charge in [-0.25, -0.2) is 0 Å². The molecule has 4 heteroatoms. The molecule has 0 heterocycles. The summed E-state index contributed by atoms with van der Waals surface area (Å²) in [5.74, 6) is -0.264. The van der Waals surface area contributed by atoms with E-state index >= 15 is 0 Å². The largest absolute Gasteiger partial charge is 0.469 e. The topological polar surface area (TPSA) is 41.9 Å². The minimum atomic E-state index is -0.264. The van der Waals surface area contributed by atoms with Crippen molar-refractivity contribution < 1.29 is 9.53 Å². The zero-order chi connectivity index (χ0) is 11.0. The Morgan fingerprint density at radius 3 is 2.57 bits per heavy atom. The number of aliphatic imine (C=N–C) groups is 1. The zero-order valence-electron chi connectivity index (χ0n) is 9.28. The van der Waals surface area contributed by atoms with Crippen LogP contribution in [0.5, 0.6) is 0 Å². The number of carbonyl (C=O) groups is 1. The number of ether oxygens (including phenoxy) is 1. The molecule has 0 rings (SSSR count). The van der Waals surface area contributed by atoms with Gasteiger partial charge in [0.2, 0.25) is 0 Å². The molecule has 4 nitrogen and oxygen atoms in total. The predicted octanol–water partition coefficient (Wildman–Crippen LogP) is 0.738. The zero-order valence-corrected chi connectivity index (χ0v) is 9.28. The molecule has 0 aliphatic carbocycles. The number of hydrogen-bond acceptors (Lipinski definition) is 4. The SMILES string of the molecule is CN=C(/C=C\CN(C)C)CC(=O)OC. The summed E-state index contributed by atoms with van der Waals surface area (Å²) in [6.07, 6.45) is 4.04. The molecule has 80 valence electrons. The van der Waals surface area contributed by atoms with Gasteiger partial charge in [-0.2, -0.15) is 0 Å². The standard InChI is InChI=1S/C10H18N2O2/c1-11-9(8-10(13)14-4)6-5-7-12(2)3/h5-6H,7-8H2,1-4H3/b6-5-,11-9?. The van der Waals surface area contributed by atoms with Crippen LogP contribution in [0.1, 0.15) is 6.42 Å². The van der Waals surface area contributed by atoms with Crippen LogP contribution in [0.25, 0.3) is 0 Å². The van der Waals surface area contributed by atoms with Crippen molar-refractivity contribution in [1.29, 1.82) is 0 Å². The van der Waals surface area contributed by atoms with Gasteiger partial charge in [-0.3, -0.25) is 9.79 Å². The van der Waals surface area contributed by atoms with Crippen molar-refractivity contribution in [3.63, 3.8) is 0 Å². The van der Waals surface area contributed by atoms with Gasteiger partial charge < -0.3 is 9.64 Å². The van der Waals surface area contributed by atoms with E-state index < -0.39 is 0 Å². The normalized spacial score (nSPS) is 12.5. The molecule has 0 saturated carbocycles. The summed E-state index contributed by atoms with van der Waals surface area (Å²) in [6.45, 7) is 0.834. The van der Waals surface area contributed by atoms with Gasteiger partial charge >= 0.3 is 5.97 Å². The smallest absolute Gasteiger partial charge is 0.311 e. The Hall–Kier alpha value is -1.16. The number of nitrogens with zero attached hydrogens (tertiary/aromatic N) is 2. The molecule has 0 radical (unpaired) electrons. The molecule has 0 aromatic carbocycles. The monoisotopic (exact) mass is 198 g/mol. The van der Waals surface area contributed by atoms with E-state index in [0.29, 0.717) is 0 Å². The lowest BCUT2D eigenvalue weighted by molar-refractivity contribution is -0.139. The van der Waals surface area contributed by atoms with Crippen LogP contribution >= 0.6 is 0 Å². The van der Waals surface area contributed by atoms with Crippen LogP contribution in [0.4, 0.5) is 0 Å². The van der Waals surface area contributed by atoms with Crippen LogP contribution in [0.15, 0.2) is 17.1 Å². The minimum Gasteiger partial charge on any atom is -0.469 e. The lowest BCUT2D eigenvalue weighted by Crippen LogP contribution is -2.12. The van der Waals surface area contributed by atoms with Crippen molar-refractivity contribution in [2.45, 2.75) is 6.42 Å². The Kier molecular flexibility index (Phi) is 6.66. The van der Waals surface area contributed by atoms with E-state index in [1.54, 1.807) is 7.05 Å². The van der Waals surface area contributed by atoms with Crippen LogP contribution in [-0.4, -0.2) is 51.4 Å². The summed E-state index contributed by atoms with van der Waals surface area (Å²) in [5.41, 5.74) is 0.735. The van der Waals surface area contributed by atoms with Crippen molar-refractivity contribution in [2.75, 3.05) is 34.8 Å². The fraction of sp³-hybridized carbons (Fsp3) is 0.600. The van der Waals surface area contributed by atoms with Crippen LogP contribution in [-0.2, 0) is 9.53 Å². The summed E-state index contributed by atoms with van der Waals surface area (Å²) in [6, 6.07) is 0. The Morgan fingerprint density at radius 1 is 1.50 bits per heavy atom. The first-order valence-electron chi connectivity index (χ1n) is 4.44. The molecule has 0 aliphatic rings. The highest BCUT2D eigenvalue weighted by atomic mass is 16.5. The second-order valence-corrected chi connectivity index (χ2v) is 3.13. The van der Waals surface area contributed by atoms with Crippen molar-refractivity contribution in [3.8, 4) is 0 Å². The molecule has 14 heavy (non-hydrogen) atoms. The quantitative estimate of drug-likeness (QED) is 0.483. The average Bonchev–Trinajstić information content (AvgIpc) is 2.15. The summed E-state index contributed by atoms with van der Waals surface area (Å²) < 4.78 is 4.55. The van der Waals surface area contributed by atoms with E-state index in [-0.39, 0.29) is 12.4 Å². The molecule has 0 fully saturated rings. The molecule has 0 unspecified atom stereocenters. The van der Waals surface area contributed by atoms with E-state index in [1.165, 1.54) is 7.11 Å². The van der Waals surface area contributed by atoms with E-state index in [4.69, 9.17) is 0 Å². The van der Waals surface area contributed by atoms with Crippen molar-refractivity contribution >= 4 is 11.7 Å². The van der Waals surface area contributed by atoms with Crippen LogP contribution < -0.4 is 0 Å². The van der Waals surface area contributed by atoms with Crippen LogP contribution in [0.3, 0.4) is 0 Å². The lowest BCUT2D eigenvalue weighted by Gasteiger charge is -2.04. The molecular formula is C10H18N2O2. The molecule has 0 N–H and O–H groups in total. The number of carbonyl (C=O) groups excluding carboxylic acids is 1. The highest BCUT2D eigenvalue weighted by molar-refractivity contribution is 6.05. The number of likely N-dealkylation sites (N-methyl/N-ethyl adjacent to an activating group) is 1. The highest BCUT2D eigenvalue weighted by Gasteiger charge is 2.02. The number of hydrogen-bond donors (Lipinski definition) is 0. The van der Waals surface area contributed by atoms with E-state index in [9.17, 15) is 4.79 Å². The third-order valence-electron chi connectivity index (χ3n) is 1.62. The van der Waals surface area contributed by atoms with Gasteiger partial charge in [-0.1, -0.05) is 6.08 Å². The predicted molar refractivity (Wildman–Crippen MR) is 57.7 cm³/mol. The maximum absolute atomic E-state index is 10.9. The molecule has 0 amide bonds. The van der Waals surface area contributed by atoms with E-state index in [1.807, 2.05) is 31.1 Å². The van der Waals surface area contributed by atoms with Gasteiger partial charge in [0.25, 0.3) is 0 Å². The Balaban J connectivity index is 4.04. The fourth-order valence-corrected chi connectivity index (χ4v) is 0.832. The van der Waals surface area contributed by atoms with Gasteiger partial charge in [-0.15, -0.1) is 0 Å². The molecule has 0 aromatic heterocycles. The van der Waals surface area contributed by atoms with Gasteiger partial charge in [0, 0.05) is 19.3 Å². The minimum absolute atomic E-state index is 0.233. The fourth-order valence-electron chi connectivity index (χ4n) is 0.832. The summed E-state index contributed by atoms with van der Waals surface area (Å²) in [5, 5.41) is 0. The molecule has 0 spiro atoms. The summed E-state index contributed by atoms with van der Waals surface area (Å²) >= 11 is 0. The summed E-state index contributed by atoms with van der Waals surface area (Å²) in [4.78, 5) is 16.9. The Bertz CT molecular complexity index is 232. The molecule has 0 aromatic rings. The highest BCUT2D eigenvalue weighted by Crippen LogP contribution is 1.92. The third kappa shape index (κ3) is 6.37. The Morgan fingerprint density at radius 2 is 2.14 bits per heavy atom. The number of rotatable bonds is 5. The average molecular weight is 198 g/mol. The number of esters is 1. The first-order valence-corrected chi connectivity index (χ1v) is 4.44. The maximum atomic E-state index is 10.9. The second kappa shape index (κ2) is 7.26. The van der Waals surface area contributed by atoms with Gasteiger partial charge in [-0.05, 0) is 20.2 Å². The lowest BCUT2D eigenvalue weighted by atomic mass is 10.2. The van der Waals surface area contributed by atoms with E-state index in [0.717, 1.165) is 12.3 Å². The number of allylic oxidation sites excluding steroid dienone is 1. The van der Waals surface area contributed by atoms with Crippen molar-refractivity contribution in [1.82, 2.24) is 4.90 Å².